The summed E-state index contributed by atoms with van der Waals surface area (Å²) in [5, 5.41) is 16.3. The number of carbonyl (C=O) groups is 1. The topological polar surface area (TPSA) is 61.4 Å². The van der Waals surface area contributed by atoms with Crippen molar-refractivity contribution in [3.8, 4) is 0 Å². The van der Waals surface area contributed by atoms with E-state index in [0.717, 1.165) is 58.0 Å². The fraction of sp³-hybridized carbons (Fsp3) is 0.933. The first-order valence-corrected chi connectivity index (χ1v) is 7.81. The smallest absolute Gasteiger partial charge is 0.228 e. The van der Waals surface area contributed by atoms with Crippen molar-refractivity contribution in [1.29, 1.82) is 0 Å². The van der Waals surface area contributed by atoms with E-state index in [1.54, 1.807) is 0 Å². The molecule has 2 rings (SSSR count). The summed E-state index contributed by atoms with van der Waals surface area (Å²) in [6.07, 6.45) is 8.18. The minimum atomic E-state index is -0.349. The number of nitrogens with one attached hydrogen (secondary N) is 2. The second kappa shape index (κ2) is 6.23. The van der Waals surface area contributed by atoms with Crippen LogP contribution in [0.1, 0.15) is 58.3 Å². The molecule has 1 atom stereocenters. The minimum absolute atomic E-state index is 0.0778. The first-order chi connectivity index (χ1) is 9.16. The summed E-state index contributed by atoms with van der Waals surface area (Å²) in [4.78, 5) is 12.7. The molecule has 0 aromatic rings. The molecule has 0 aromatic heterocycles. The Hall–Kier alpha value is -0.610. The second-order valence-corrected chi connectivity index (χ2v) is 6.41. The van der Waals surface area contributed by atoms with E-state index in [0.29, 0.717) is 0 Å². The zero-order valence-electron chi connectivity index (χ0n) is 12.1. The number of carbonyl (C=O) groups excluding carboxylic acids is 1. The highest BCUT2D eigenvalue weighted by molar-refractivity contribution is 5.84. The zero-order chi connectivity index (χ0) is 13.8. The van der Waals surface area contributed by atoms with Crippen molar-refractivity contribution in [2.24, 2.45) is 5.41 Å². The Morgan fingerprint density at radius 1 is 1.26 bits per heavy atom. The summed E-state index contributed by atoms with van der Waals surface area (Å²) in [7, 11) is 0. The van der Waals surface area contributed by atoms with Gasteiger partial charge in [0.25, 0.3) is 0 Å². The monoisotopic (exact) mass is 268 g/mol. The van der Waals surface area contributed by atoms with Crippen LogP contribution in [0.15, 0.2) is 0 Å². The van der Waals surface area contributed by atoms with Gasteiger partial charge in [0, 0.05) is 6.54 Å². The highest BCUT2D eigenvalue weighted by Crippen LogP contribution is 2.34. The molecule has 4 heteroatoms. The molecule has 1 saturated heterocycles. The van der Waals surface area contributed by atoms with Crippen molar-refractivity contribution in [3.63, 3.8) is 0 Å². The van der Waals surface area contributed by atoms with E-state index in [4.69, 9.17) is 0 Å². The fourth-order valence-electron chi connectivity index (χ4n) is 3.67. The lowest BCUT2D eigenvalue weighted by Crippen LogP contribution is -2.57. The van der Waals surface area contributed by atoms with Crippen LogP contribution in [0, 0.1) is 5.41 Å². The molecule has 1 aliphatic carbocycles. The van der Waals surface area contributed by atoms with Gasteiger partial charge in [0.15, 0.2) is 0 Å². The quantitative estimate of drug-likeness (QED) is 0.709. The van der Waals surface area contributed by atoms with Crippen molar-refractivity contribution in [1.82, 2.24) is 10.6 Å². The Morgan fingerprint density at radius 3 is 2.53 bits per heavy atom. The molecule has 1 aliphatic heterocycles. The van der Waals surface area contributed by atoms with Crippen molar-refractivity contribution >= 4 is 5.91 Å². The molecule has 3 N–H and O–H groups in total. The normalized spacial score (nSPS) is 30.2. The van der Waals surface area contributed by atoms with Crippen LogP contribution in [0.4, 0.5) is 0 Å². The van der Waals surface area contributed by atoms with Crippen molar-refractivity contribution in [3.05, 3.63) is 0 Å². The van der Waals surface area contributed by atoms with Gasteiger partial charge in [0.2, 0.25) is 5.91 Å². The van der Waals surface area contributed by atoms with E-state index in [1.807, 2.05) is 0 Å². The first kappa shape index (κ1) is 14.8. The molecule has 0 bridgehead atoms. The maximum Gasteiger partial charge on any atom is 0.228 e. The molecular weight excluding hydrogens is 240 g/mol. The lowest BCUT2D eigenvalue weighted by Gasteiger charge is -2.39. The average Bonchev–Trinajstić information content (AvgIpc) is 2.90. The maximum absolute atomic E-state index is 12.7. The standard InChI is InChI=1S/C15H28N2O2/c1-2-6-14(9-10-16-11-14)13(19)17-15(12-18)7-4-3-5-8-15/h16,18H,2-12H2,1H3,(H,17,19). The van der Waals surface area contributed by atoms with Crippen LogP contribution >= 0.6 is 0 Å². The van der Waals surface area contributed by atoms with Gasteiger partial charge in [-0.15, -0.1) is 0 Å². The number of aliphatic hydroxyl groups excluding tert-OH is 1. The Kier molecular flexibility index (Phi) is 4.85. The summed E-state index contributed by atoms with van der Waals surface area (Å²) >= 11 is 0. The van der Waals surface area contributed by atoms with E-state index in [1.165, 1.54) is 6.42 Å². The summed E-state index contributed by atoms with van der Waals surface area (Å²) in [6, 6.07) is 0. The van der Waals surface area contributed by atoms with Crippen molar-refractivity contribution < 1.29 is 9.90 Å². The first-order valence-electron chi connectivity index (χ1n) is 7.81. The SMILES string of the molecule is CCCC1(C(=O)NC2(CO)CCCCC2)CCNC1. The predicted octanol–water partition coefficient (Wildman–Crippen LogP) is 1.58. The molecular formula is C15H28N2O2. The van der Waals surface area contributed by atoms with Crippen LogP contribution in [0.2, 0.25) is 0 Å². The summed E-state index contributed by atoms with van der Waals surface area (Å²) in [5.74, 6) is 0.162. The highest BCUT2D eigenvalue weighted by atomic mass is 16.3. The molecule has 4 nitrogen and oxygen atoms in total. The Bertz CT molecular complexity index is 305. The Labute approximate surface area is 116 Å². The van der Waals surface area contributed by atoms with Crippen molar-refractivity contribution in [2.45, 2.75) is 63.8 Å². The zero-order valence-corrected chi connectivity index (χ0v) is 12.1. The average molecular weight is 268 g/mol. The number of amides is 1. The molecule has 1 saturated carbocycles. The van der Waals surface area contributed by atoms with Crippen LogP contribution in [0.5, 0.6) is 0 Å². The third-order valence-electron chi connectivity index (χ3n) is 4.95. The Balaban J connectivity index is 2.05. The van der Waals surface area contributed by atoms with Gasteiger partial charge < -0.3 is 15.7 Å². The number of rotatable bonds is 5. The molecule has 0 aromatic carbocycles. The van der Waals surface area contributed by atoms with Crippen LogP contribution < -0.4 is 10.6 Å². The molecule has 1 amide bonds. The van der Waals surface area contributed by atoms with Gasteiger partial charge >= 0.3 is 0 Å². The van der Waals surface area contributed by atoms with E-state index < -0.39 is 0 Å². The van der Waals surface area contributed by atoms with E-state index in [-0.39, 0.29) is 23.5 Å². The second-order valence-electron chi connectivity index (χ2n) is 6.41. The third kappa shape index (κ3) is 3.11. The highest BCUT2D eigenvalue weighted by Gasteiger charge is 2.44. The van der Waals surface area contributed by atoms with E-state index in [9.17, 15) is 9.90 Å². The summed E-state index contributed by atoms with van der Waals surface area (Å²) in [5.41, 5.74) is -0.590. The van der Waals surface area contributed by atoms with Crippen LogP contribution in [-0.2, 0) is 4.79 Å². The van der Waals surface area contributed by atoms with Gasteiger partial charge in [0.05, 0.1) is 17.6 Å². The van der Waals surface area contributed by atoms with E-state index >= 15 is 0 Å². The molecule has 1 heterocycles. The number of hydrogen-bond acceptors (Lipinski definition) is 3. The molecule has 2 aliphatic rings. The summed E-state index contributed by atoms with van der Waals surface area (Å²) < 4.78 is 0. The predicted molar refractivity (Wildman–Crippen MR) is 75.9 cm³/mol. The molecule has 1 unspecified atom stereocenters. The van der Waals surface area contributed by atoms with Gasteiger partial charge in [-0.05, 0) is 32.2 Å². The van der Waals surface area contributed by atoms with Crippen LogP contribution in [0.25, 0.3) is 0 Å². The maximum atomic E-state index is 12.7. The van der Waals surface area contributed by atoms with Gasteiger partial charge in [-0.3, -0.25) is 4.79 Å². The minimum Gasteiger partial charge on any atom is -0.394 e. The Morgan fingerprint density at radius 2 is 2.00 bits per heavy atom. The van der Waals surface area contributed by atoms with Crippen LogP contribution in [-0.4, -0.2) is 36.2 Å². The lowest BCUT2D eigenvalue weighted by atomic mass is 9.78. The molecule has 0 spiro atoms. The number of aliphatic hydroxyl groups is 1. The van der Waals surface area contributed by atoms with Crippen LogP contribution in [0.3, 0.4) is 0 Å². The third-order valence-corrected chi connectivity index (χ3v) is 4.95. The molecule has 110 valence electrons. The molecule has 0 radical (unpaired) electrons. The molecule has 19 heavy (non-hydrogen) atoms. The number of hydrogen-bond donors (Lipinski definition) is 3. The van der Waals surface area contributed by atoms with Gasteiger partial charge in [-0.2, -0.15) is 0 Å². The summed E-state index contributed by atoms with van der Waals surface area (Å²) in [6.45, 7) is 3.93. The lowest BCUT2D eigenvalue weighted by molar-refractivity contribution is -0.133. The van der Waals surface area contributed by atoms with Gasteiger partial charge in [-0.25, -0.2) is 0 Å². The largest absolute Gasteiger partial charge is 0.394 e. The fourth-order valence-corrected chi connectivity index (χ4v) is 3.67. The van der Waals surface area contributed by atoms with E-state index in [2.05, 4.69) is 17.6 Å². The molecule has 2 fully saturated rings. The van der Waals surface area contributed by atoms with Gasteiger partial charge in [0.1, 0.15) is 0 Å². The van der Waals surface area contributed by atoms with Crippen molar-refractivity contribution in [2.75, 3.05) is 19.7 Å². The van der Waals surface area contributed by atoms with Gasteiger partial charge in [-0.1, -0.05) is 32.6 Å².